The minimum atomic E-state index is -1.14. The van der Waals surface area contributed by atoms with E-state index in [0.29, 0.717) is 6.42 Å². The first-order valence-electron chi connectivity index (χ1n) is 5.18. The van der Waals surface area contributed by atoms with Crippen LogP contribution >= 0.6 is 46.4 Å². The van der Waals surface area contributed by atoms with E-state index in [1.807, 2.05) is 0 Å². The van der Waals surface area contributed by atoms with Crippen LogP contribution in [-0.2, 0) is 4.74 Å². The molecule has 0 aromatic heterocycles. The van der Waals surface area contributed by atoms with E-state index in [9.17, 15) is 0 Å². The third kappa shape index (κ3) is 2.08. The molecule has 1 saturated heterocycles. The number of ether oxygens (including phenoxy) is 1. The first-order chi connectivity index (χ1) is 7.37. The molecule has 0 amide bonds. The Morgan fingerprint density at radius 2 is 1.94 bits per heavy atom. The van der Waals surface area contributed by atoms with E-state index in [2.05, 4.69) is 6.58 Å². The molecule has 0 bridgehead atoms. The van der Waals surface area contributed by atoms with E-state index >= 15 is 0 Å². The fourth-order valence-electron chi connectivity index (χ4n) is 2.41. The molecule has 1 spiro atoms. The highest BCUT2D eigenvalue weighted by atomic mass is 35.5. The van der Waals surface area contributed by atoms with Gasteiger partial charge in [0, 0.05) is 6.42 Å². The van der Waals surface area contributed by atoms with E-state index in [4.69, 9.17) is 51.1 Å². The molecule has 0 aromatic carbocycles. The van der Waals surface area contributed by atoms with Gasteiger partial charge in [0.25, 0.3) is 0 Å². The number of allylic oxidation sites excluding steroid dienone is 1. The fraction of sp³-hybridized carbons (Fsp3) is 0.636. The van der Waals surface area contributed by atoms with Crippen molar-refractivity contribution >= 4 is 46.4 Å². The van der Waals surface area contributed by atoms with Crippen molar-refractivity contribution in [2.24, 2.45) is 0 Å². The molecule has 0 unspecified atom stereocenters. The molecule has 1 heterocycles. The van der Waals surface area contributed by atoms with E-state index in [-0.39, 0.29) is 10.3 Å². The van der Waals surface area contributed by atoms with E-state index < -0.39 is 9.93 Å². The third-order valence-corrected chi connectivity index (χ3v) is 4.22. The van der Waals surface area contributed by atoms with Crippen molar-refractivity contribution in [2.75, 3.05) is 0 Å². The Morgan fingerprint density at radius 1 is 1.25 bits per heavy atom. The molecule has 2 rings (SSSR count). The lowest BCUT2D eigenvalue weighted by molar-refractivity contribution is 0.0507. The predicted octanol–water partition coefficient (Wildman–Crippen LogP) is 5.10. The Morgan fingerprint density at radius 3 is 2.44 bits per heavy atom. The number of hydrogen-bond acceptors (Lipinski definition) is 1. The Kier molecular flexibility index (Phi) is 3.44. The molecule has 0 N–H and O–H groups in total. The smallest absolute Gasteiger partial charge is 0.181 e. The summed E-state index contributed by atoms with van der Waals surface area (Å²) in [6, 6.07) is 0. The molecule has 5 heteroatoms. The zero-order chi connectivity index (χ0) is 12.0. The molecule has 16 heavy (non-hydrogen) atoms. The predicted molar refractivity (Wildman–Crippen MR) is 69.2 cm³/mol. The van der Waals surface area contributed by atoms with Gasteiger partial charge in [-0.05, 0) is 31.3 Å². The van der Waals surface area contributed by atoms with Crippen LogP contribution in [0.1, 0.15) is 32.1 Å². The van der Waals surface area contributed by atoms with Gasteiger partial charge in [-0.1, -0.05) is 53.0 Å². The van der Waals surface area contributed by atoms with E-state index in [1.165, 1.54) is 0 Å². The summed E-state index contributed by atoms with van der Waals surface area (Å²) < 4.78 is 4.69. The molecular formula is C11H12Cl4O. The summed E-state index contributed by atoms with van der Waals surface area (Å²) in [6.07, 6.45) is 4.50. The SMILES string of the molecule is C=C1CCCC[C@@]12CC(Cl)(Cl)C(=C(Cl)Cl)O2. The Hall–Kier alpha value is 0.440. The maximum Gasteiger partial charge on any atom is 0.181 e. The summed E-state index contributed by atoms with van der Waals surface area (Å²) >= 11 is 23.9. The van der Waals surface area contributed by atoms with Gasteiger partial charge in [0.2, 0.25) is 0 Å². The van der Waals surface area contributed by atoms with Gasteiger partial charge in [-0.15, -0.1) is 0 Å². The van der Waals surface area contributed by atoms with Crippen LogP contribution in [0.2, 0.25) is 0 Å². The Balaban J connectivity index is 2.35. The fourth-order valence-corrected chi connectivity index (χ4v) is 3.70. The third-order valence-electron chi connectivity index (χ3n) is 3.26. The van der Waals surface area contributed by atoms with Crippen molar-refractivity contribution in [2.45, 2.75) is 42.0 Å². The quantitative estimate of drug-likeness (QED) is 0.447. The molecular weight excluding hydrogens is 290 g/mol. The second-order valence-electron chi connectivity index (χ2n) is 4.38. The van der Waals surface area contributed by atoms with Crippen LogP contribution in [-0.4, -0.2) is 9.93 Å². The van der Waals surface area contributed by atoms with Crippen molar-refractivity contribution < 1.29 is 4.74 Å². The maximum absolute atomic E-state index is 6.19. The standard InChI is InChI=1S/C11H12Cl4O/c1-7-4-2-3-5-10(7)6-11(14,15)8(16-10)9(12)13/h1-6H2/t10-/m1/s1. The van der Waals surface area contributed by atoms with Gasteiger partial charge < -0.3 is 4.74 Å². The molecule has 1 nitrogen and oxygen atoms in total. The van der Waals surface area contributed by atoms with Crippen LogP contribution in [0.25, 0.3) is 0 Å². The van der Waals surface area contributed by atoms with Gasteiger partial charge in [-0.3, -0.25) is 0 Å². The van der Waals surface area contributed by atoms with Crippen molar-refractivity contribution in [3.63, 3.8) is 0 Å². The highest BCUT2D eigenvalue weighted by Crippen LogP contribution is 2.56. The molecule has 2 aliphatic rings. The lowest BCUT2D eigenvalue weighted by Crippen LogP contribution is -2.33. The van der Waals surface area contributed by atoms with Crippen molar-refractivity contribution in [1.82, 2.24) is 0 Å². The van der Waals surface area contributed by atoms with Crippen molar-refractivity contribution in [3.05, 3.63) is 22.4 Å². The largest absolute Gasteiger partial charge is 0.481 e. The minimum Gasteiger partial charge on any atom is -0.481 e. The summed E-state index contributed by atoms with van der Waals surface area (Å²) in [6.45, 7) is 4.06. The number of hydrogen-bond donors (Lipinski definition) is 0. The topological polar surface area (TPSA) is 9.23 Å². The van der Waals surface area contributed by atoms with Crippen LogP contribution < -0.4 is 0 Å². The van der Waals surface area contributed by atoms with Crippen LogP contribution in [0.4, 0.5) is 0 Å². The lowest BCUT2D eigenvalue weighted by Gasteiger charge is -2.34. The van der Waals surface area contributed by atoms with E-state index in [1.54, 1.807) is 0 Å². The Bertz CT molecular complexity index is 357. The zero-order valence-corrected chi connectivity index (χ0v) is 11.7. The highest BCUT2D eigenvalue weighted by Gasteiger charge is 2.55. The second kappa shape index (κ2) is 4.28. The van der Waals surface area contributed by atoms with Crippen LogP contribution in [0.15, 0.2) is 22.4 Å². The summed E-state index contributed by atoms with van der Waals surface area (Å²) in [7, 11) is 0. The second-order valence-corrected chi connectivity index (χ2v) is 6.81. The minimum absolute atomic E-state index is 0.000230. The average molecular weight is 302 g/mol. The van der Waals surface area contributed by atoms with Gasteiger partial charge in [-0.2, -0.15) is 0 Å². The van der Waals surface area contributed by atoms with Gasteiger partial charge in [0.1, 0.15) is 10.1 Å². The average Bonchev–Trinajstić information content (AvgIpc) is 2.44. The Labute approximate surface area is 115 Å². The van der Waals surface area contributed by atoms with Gasteiger partial charge in [-0.25, -0.2) is 0 Å². The van der Waals surface area contributed by atoms with Crippen molar-refractivity contribution in [1.29, 1.82) is 0 Å². The number of alkyl halides is 2. The summed E-state index contributed by atoms with van der Waals surface area (Å²) in [5.41, 5.74) is 0.570. The number of halogens is 4. The molecule has 1 atom stereocenters. The van der Waals surface area contributed by atoms with Crippen LogP contribution in [0, 0.1) is 0 Å². The molecule has 1 aliphatic heterocycles. The molecule has 90 valence electrons. The van der Waals surface area contributed by atoms with Crippen LogP contribution in [0.5, 0.6) is 0 Å². The molecule has 0 radical (unpaired) electrons. The lowest BCUT2D eigenvalue weighted by atomic mass is 9.79. The first-order valence-corrected chi connectivity index (χ1v) is 6.69. The van der Waals surface area contributed by atoms with Crippen molar-refractivity contribution in [3.8, 4) is 0 Å². The van der Waals surface area contributed by atoms with Gasteiger partial charge >= 0.3 is 0 Å². The zero-order valence-electron chi connectivity index (χ0n) is 8.66. The highest BCUT2D eigenvalue weighted by molar-refractivity contribution is 6.58. The number of rotatable bonds is 0. The van der Waals surface area contributed by atoms with E-state index in [0.717, 1.165) is 31.3 Å². The monoisotopic (exact) mass is 300 g/mol. The molecule has 2 fully saturated rings. The summed E-state index contributed by atoms with van der Waals surface area (Å²) in [5, 5.41) is 0. The van der Waals surface area contributed by atoms with Crippen LogP contribution in [0.3, 0.4) is 0 Å². The summed E-state index contributed by atoms with van der Waals surface area (Å²) in [5.74, 6) is 0.266. The normalized spacial score (nSPS) is 33.0. The van der Waals surface area contributed by atoms with Gasteiger partial charge in [0.05, 0.1) is 0 Å². The molecule has 1 saturated carbocycles. The maximum atomic E-state index is 6.19. The van der Waals surface area contributed by atoms with Gasteiger partial charge in [0.15, 0.2) is 10.1 Å². The first kappa shape index (κ1) is 12.9. The molecule has 1 aliphatic carbocycles. The summed E-state index contributed by atoms with van der Waals surface area (Å²) in [4.78, 5) is 0. The molecule has 0 aromatic rings.